The maximum atomic E-state index is 4.02. The fourth-order valence-electron chi connectivity index (χ4n) is 1.27. The van der Waals surface area contributed by atoms with Crippen LogP contribution in [0.15, 0.2) is 5.38 Å². The Kier molecular flexibility index (Phi) is 1.65. The molecule has 0 spiro atoms. The van der Waals surface area contributed by atoms with Gasteiger partial charge in [0, 0.05) is 17.3 Å². The molecule has 11 heavy (non-hydrogen) atoms. The molecular formula is C7H11N3S. The van der Waals surface area contributed by atoms with Gasteiger partial charge in [-0.1, -0.05) is 4.49 Å². The predicted octanol–water partition coefficient (Wildman–Crippen LogP) is 0.833. The maximum absolute atomic E-state index is 4.02. The summed E-state index contributed by atoms with van der Waals surface area (Å²) in [5.41, 5.74) is 1.50. The molecule has 1 fully saturated rings. The van der Waals surface area contributed by atoms with Gasteiger partial charge in [0.1, 0.15) is 0 Å². The second-order valence-corrected chi connectivity index (χ2v) is 3.71. The van der Waals surface area contributed by atoms with Crippen molar-refractivity contribution in [2.75, 3.05) is 7.05 Å². The Morgan fingerprint density at radius 3 is 3.00 bits per heavy atom. The zero-order chi connectivity index (χ0) is 7.73. The SMILES string of the molecule is CNC1(Cc2csnn2)CC1. The molecule has 2 rings (SSSR count). The van der Waals surface area contributed by atoms with Crippen molar-refractivity contribution < 1.29 is 0 Å². The van der Waals surface area contributed by atoms with E-state index < -0.39 is 0 Å². The van der Waals surface area contributed by atoms with Crippen LogP contribution >= 0.6 is 11.5 Å². The number of nitrogens with one attached hydrogen (secondary N) is 1. The molecule has 0 amide bonds. The molecule has 0 atom stereocenters. The van der Waals surface area contributed by atoms with Gasteiger partial charge in [0.25, 0.3) is 0 Å². The van der Waals surface area contributed by atoms with E-state index >= 15 is 0 Å². The first-order valence-electron chi connectivity index (χ1n) is 3.79. The molecule has 1 aliphatic carbocycles. The van der Waals surface area contributed by atoms with Crippen LogP contribution in [-0.2, 0) is 6.42 Å². The number of rotatable bonds is 3. The Hall–Kier alpha value is -0.480. The Balaban J connectivity index is 2.01. The summed E-state index contributed by atoms with van der Waals surface area (Å²) >= 11 is 1.43. The molecule has 0 aromatic carbocycles. The van der Waals surface area contributed by atoms with E-state index in [9.17, 15) is 0 Å². The highest BCUT2D eigenvalue weighted by molar-refractivity contribution is 7.03. The van der Waals surface area contributed by atoms with Gasteiger partial charge >= 0.3 is 0 Å². The van der Waals surface area contributed by atoms with E-state index in [0.29, 0.717) is 5.54 Å². The molecular weight excluding hydrogens is 158 g/mol. The van der Waals surface area contributed by atoms with E-state index in [1.807, 2.05) is 12.4 Å². The van der Waals surface area contributed by atoms with Crippen molar-refractivity contribution in [2.24, 2.45) is 0 Å². The van der Waals surface area contributed by atoms with Crippen LogP contribution in [-0.4, -0.2) is 22.2 Å². The first-order chi connectivity index (χ1) is 5.35. The third-order valence-electron chi connectivity index (χ3n) is 2.31. The molecule has 0 aliphatic heterocycles. The number of hydrogen-bond acceptors (Lipinski definition) is 4. The molecule has 0 saturated heterocycles. The standard InChI is InChI=1S/C7H11N3S/c1-8-7(2-3-7)4-6-5-11-10-9-6/h5,8H,2-4H2,1H3. The Morgan fingerprint density at radius 2 is 2.55 bits per heavy atom. The molecule has 60 valence electrons. The Labute approximate surface area is 70.0 Å². The number of aromatic nitrogens is 2. The molecule has 1 aliphatic rings. The summed E-state index contributed by atoms with van der Waals surface area (Å²) in [4.78, 5) is 0. The van der Waals surface area contributed by atoms with Crippen LogP contribution in [0.25, 0.3) is 0 Å². The lowest BCUT2D eigenvalue weighted by atomic mass is 10.1. The van der Waals surface area contributed by atoms with Gasteiger partial charge in [0.15, 0.2) is 0 Å². The van der Waals surface area contributed by atoms with Gasteiger partial charge in [-0.05, 0) is 31.4 Å². The number of likely N-dealkylation sites (N-methyl/N-ethyl adjacent to an activating group) is 1. The molecule has 1 saturated carbocycles. The van der Waals surface area contributed by atoms with Gasteiger partial charge in [-0.2, -0.15) is 0 Å². The average molecular weight is 169 g/mol. The van der Waals surface area contributed by atoms with Crippen LogP contribution < -0.4 is 5.32 Å². The largest absolute Gasteiger partial charge is 0.314 e. The summed E-state index contributed by atoms with van der Waals surface area (Å²) in [5, 5.41) is 9.37. The lowest BCUT2D eigenvalue weighted by Gasteiger charge is -2.10. The quantitative estimate of drug-likeness (QED) is 0.728. The molecule has 1 aromatic heterocycles. The van der Waals surface area contributed by atoms with Crippen molar-refractivity contribution in [3.63, 3.8) is 0 Å². The molecule has 4 heteroatoms. The normalized spacial score (nSPS) is 20.1. The highest BCUT2D eigenvalue weighted by Gasteiger charge is 2.41. The first kappa shape index (κ1) is 7.18. The molecule has 1 aromatic rings. The summed E-state index contributed by atoms with van der Waals surface area (Å²) in [7, 11) is 2.02. The van der Waals surface area contributed by atoms with Gasteiger partial charge in [-0.25, -0.2) is 0 Å². The van der Waals surface area contributed by atoms with Crippen molar-refractivity contribution in [1.29, 1.82) is 0 Å². The van der Waals surface area contributed by atoms with Crippen LogP contribution in [0.2, 0.25) is 0 Å². The van der Waals surface area contributed by atoms with Crippen molar-refractivity contribution in [3.05, 3.63) is 11.1 Å². The summed E-state index contributed by atoms with van der Waals surface area (Å²) in [5.74, 6) is 0. The minimum Gasteiger partial charge on any atom is -0.314 e. The fraction of sp³-hybridized carbons (Fsp3) is 0.714. The van der Waals surface area contributed by atoms with Crippen molar-refractivity contribution in [1.82, 2.24) is 14.9 Å². The average Bonchev–Trinajstić information content (AvgIpc) is 2.59. The summed E-state index contributed by atoms with van der Waals surface area (Å²) in [6, 6.07) is 0. The fourth-order valence-corrected chi connectivity index (χ4v) is 1.73. The summed E-state index contributed by atoms with van der Waals surface area (Å²) in [6.45, 7) is 0. The van der Waals surface area contributed by atoms with Crippen molar-refractivity contribution >= 4 is 11.5 Å². The third-order valence-corrected chi connectivity index (χ3v) is 2.86. The highest BCUT2D eigenvalue weighted by atomic mass is 32.1. The van der Waals surface area contributed by atoms with Crippen LogP contribution in [0.4, 0.5) is 0 Å². The van der Waals surface area contributed by atoms with E-state index in [0.717, 1.165) is 12.1 Å². The lowest BCUT2D eigenvalue weighted by molar-refractivity contribution is 0.541. The summed E-state index contributed by atoms with van der Waals surface area (Å²) in [6.07, 6.45) is 3.60. The molecule has 1 N–H and O–H groups in total. The van der Waals surface area contributed by atoms with E-state index in [4.69, 9.17) is 0 Å². The van der Waals surface area contributed by atoms with Gasteiger partial charge in [-0.15, -0.1) is 5.10 Å². The van der Waals surface area contributed by atoms with Gasteiger partial charge < -0.3 is 5.32 Å². The Morgan fingerprint density at radius 1 is 1.73 bits per heavy atom. The Bertz CT molecular complexity index is 228. The second kappa shape index (κ2) is 2.53. The minimum absolute atomic E-state index is 0.371. The number of hydrogen-bond donors (Lipinski definition) is 1. The second-order valence-electron chi connectivity index (χ2n) is 3.10. The molecule has 1 heterocycles. The van der Waals surface area contributed by atoms with Crippen LogP contribution in [0.1, 0.15) is 18.5 Å². The predicted molar refractivity (Wildman–Crippen MR) is 44.6 cm³/mol. The van der Waals surface area contributed by atoms with Crippen LogP contribution in [0.3, 0.4) is 0 Å². The number of nitrogens with zero attached hydrogens (tertiary/aromatic N) is 2. The summed E-state index contributed by atoms with van der Waals surface area (Å²) < 4.78 is 3.83. The van der Waals surface area contributed by atoms with E-state index in [1.54, 1.807) is 0 Å². The minimum atomic E-state index is 0.371. The van der Waals surface area contributed by atoms with Gasteiger partial charge in [-0.3, -0.25) is 0 Å². The van der Waals surface area contributed by atoms with Crippen molar-refractivity contribution in [2.45, 2.75) is 24.8 Å². The van der Waals surface area contributed by atoms with Gasteiger partial charge in [0.05, 0.1) is 5.69 Å². The molecule has 0 unspecified atom stereocenters. The highest BCUT2D eigenvalue weighted by Crippen LogP contribution is 2.37. The lowest BCUT2D eigenvalue weighted by Crippen LogP contribution is -2.29. The monoisotopic (exact) mass is 169 g/mol. The molecule has 0 radical (unpaired) electrons. The van der Waals surface area contributed by atoms with Crippen LogP contribution in [0, 0.1) is 0 Å². The van der Waals surface area contributed by atoms with E-state index in [1.165, 1.54) is 24.4 Å². The van der Waals surface area contributed by atoms with E-state index in [2.05, 4.69) is 14.9 Å². The van der Waals surface area contributed by atoms with Gasteiger partial charge in [0.2, 0.25) is 0 Å². The zero-order valence-corrected chi connectivity index (χ0v) is 7.32. The van der Waals surface area contributed by atoms with Crippen molar-refractivity contribution in [3.8, 4) is 0 Å². The maximum Gasteiger partial charge on any atom is 0.0773 e. The zero-order valence-electron chi connectivity index (χ0n) is 6.50. The van der Waals surface area contributed by atoms with Crippen LogP contribution in [0.5, 0.6) is 0 Å². The van der Waals surface area contributed by atoms with E-state index in [-0.39, 0.29) is 0 Å². The molecule has 3 nitrogen and oxygen atoms in total. The third kappa shape index (κ3) is 1.41. The topological polar surface area (TPSA) is 37.8 Å². The first-order valence-corrected chi connectivity index (χ1v) is 4.63. The molecule has 0 bridgehead atoms. The smallest absolute Gasteiger partial charge is 0.0773 e.